The minimum Gasteiger partial charge on any atom is -0.493 e. The third-order valence-corrected chi connectivity index (χ3v) is 4.02. The zero-order valence-corrected chi connectivity index (χ0v) is 14.0. The summed E-state index contributed by atoms with van der Waals surface area (Å²) in [4.78, 5) is 15.0. The van der Waals surface area contributed by atoms with Crippen molar-refractivity contribution in [2.45, 2.75) is 24.8 Å². The average Bonchev–Trinajstić information content (AvgIpc) is 3.01. The lowest BCUT2D eigenvalue weighted by atomic mass is 9.77. The molecular weight excluding hydrogens is 340 g/mol. The molecule has 1 aliphatic rings. The zero-order chi connectivity index (χ0) is 16.6. The number of rotatable bonds is 5. The summed E-state index contributed by atoms with van der Waals surface area (Å²) in [6.45, 7) is 0. The van der Waals surface area contributed by atoms with Crippen LogP contribution in [0, 0.1) is 10.1 Å². The number of aromatic nitrogens is 2. The van der Waals surface area contributed by atoms with E-state index >= 15 is 0 Å². The highest BCUT2D eigenvalue weighted by Gasteiger charge is 2.39. The molecule has 10 heteroatoms. The summed E-state index contributed by atoms with van der Waals surface area (Å²) >= 11 is 0. The minimum absolute atomic E-state index is 0. The molecule has 1 saturated carbocycles. The summed E-state index contributed by atoms with van der Waals surface area (Å²) in [7, 11) is 2.73. The summed E-state index contributed by atoms with van der Waals surface area (Å²) in [5.41, 5.74) is 5.72. The third-order valence-electron chi connectivity index (χ3n) is 4.02. The van der Waals surface area contributed by atoms with Crippen molar-refractivity contribution in [1.29, 1.82) is 0 Å². The molecule has 0 spiro atoms. The Balaban J connectivity index is 0.00000208. The van der Waals surface area contributed by atoms with E-state index in [2.05, 4.69) is 10.1 Å². The first-order valence-electron chi connectivity index (χ1n) is 7.02. The second-order valence-corrected chi connectivity index (χ2v) is 5.42. The van der Waals surface area contributed by atoms with Gasteiger partial charge in [-0.1, -0.05) is 5.16 Å². The van der Waals surface area contributed by atoms with Crippen LogP contribution < -0.4 is 15.2 Å². The lowest BCUT2D eigenvalue weighted by Crippen LogP contribution is -2.44. The topological polar surface area (TPSA) is 127 Å². The van der Waals surface area contributed by atoms with Gasteiger partial charge in [0.15, 0.2) is 11.6 Å². The van der Waals surface area contributed by atoms with Gasteiger partial charge in [0.1, 0.15) is 0 Å². The molecule has 1 aromatic heterocycles. The van der Waals surface area contributed by atoms with Crippen LogP contribution in [0.2, 0.25) is 0 Å². The molecule has 1 fully saturated rings. The molecule has 0 radical (unpaired) electrons. The maximum Gasteiger partial charge on any atom is 0.315 e. The van der Waals surface area contributed by atoms with Crippen LogP contribution in [0.1, 0.15) is 25.1 Å². The lowest BCUT2D eigenvalue weighted by molar-refractivity contribution is -0.385. The number of nitrogens with two attached hydrogens (primary N) is 1. The van der Waals surface area contributed by atoms with E-state index in [-0.39, 0.29) is 35.5 Å². The Morgan fingerprint density at radius 2 is 2.04 bits per heavy atom. The number of methoxy groups -OCH3 is 2. The number of nitro benzene ring substituents is 1. The van der Waals surface area contributed by atoms with Crippen molar-refractivity contribution in [3.05, 3.63) is 28.1 Å². The Hall–Kier alpha value is -2.39. The highest BCUT2D eigenvalue weighted by atomic mass is 35.5. The molecule has 1 heterocycles. The van der Waals surface area contributed by atoms with Gasteiger partial charge in [0.05, 0.1) is 30.2 Å². The largest absolute Gasteiger partial charge is 0.493 e. The van der Waals surface area contributed by atoms with Crippen molar-refractivity contribution in [2.75, 3.05) is 14.2 Å². The molecule has 9 nitrogen and oxygen atoms in total. The van der Waals surface area contributed by atoms with Gasteiger partial charge in [0.2, 0.25) is 5.75 Å². The molecule has 2 aromatic rings. The highest BCUT2D eigenvalue weighted by Crippen LogP contribution is 2.42. The predicted molar refractivity (Wildman–Crippen MR) is 86.5 cm³/mol. The molecule has 130 valence electrons. The predicted octanol–water partition coefficient (Wildman–Crippen LogP) is 2.42. The van der Waals surface area contributed by atoms with Crippen LogP contribution in [0.4, 0.5) is 5.69 Å². The minimum atomic E-state index is -0.565. The van der Waals surface area contributed by atoms with Gasteiger partial charge in [-0.2, -0.15) is 4.98 Å². The Kier molecular flexibility index (Phi) is 4.95. The molecule has 1 aliphatic carbocycles. The van der Waals surface area contributed by atoms with Gasteiger partial charge in [0.25, 0.3) is 5.89 Å². The van der Waals surface area contributed by atoms with Gasteiger partial charge in [-0.3, -0.25) is 10.1 Å². The van der Waals surface area contributed by atoms with Crippen molar-refractivity contribution < 1.29 is 18.9 Å². The number of hydrogen-bond acceptors (Lipinski definition) is 8. The smallest absolute Gasteiger partial charge is 0.315 e. The standard InChI is InChI=1S/C14H16N4O5.ClH/c1-21-10-7-8(6-9(18(19)20)11(10)22-2)12-16-13(17-23-12)14(15)4-3-5-14;/h6-7H,3-5,15H2,1-2H3;1H. The van der Waals surface area contributed by atoms with Crippen molar-refractivity contribution >= 4 is 18.1 Å². The van der Waals surface area contributed by atoms with E-state index in [9.17, 15) is 10.1 Å². The first-order valence-corrected chi connectivity index (χ1v) is 7.02. The highest BCUT2D eigenvalue weighted by molar-refractivity contribution is 5.85. The number of nitro groups is 1. The van der Waals surface area contributed by atoms with Crippen LogP contribution in [0.15, 0.2) is 16.7 Å². The number of benzene rings is 1. The fourth-order valence-electron chi connectivity index (χ4n) is 2.53. The average molecular weight is 357 g/mol. The van der Waals surface area contributed by atoms with Gasteiger partial charge in [-0.15, -0.1) is 12.4 Å². The molecule has 0 bridgehead atoms. The fourth-order valence-corrected chi connectivity index (χ4v) is 2.53. The van der Waals surface area contributed by atoms with E-state index < -0.39 is 10.5 Å². The number of halogens is 1. The monoisotopic (exact) mass is 356 g/mol. The summed E-state index contributed by atoms with van der Waals surface area (Å²) in [6.07, 6.45) is 2.60. The molecule has 0 saturated heterocycles. The SMILES string of the molecule is COc1cc(-c2nc(C3(N)CCC3)no2)cc([N+](=O)[O-])c1OC.Cl. The first kappa shape index (κ1) is 18.0. The van der Waals surface area contributed by atoms with E-state index in [1.807, 2.05) is 0 Å². The molecule has 0 atom stereocenters. The van der Waals surface area contributed by atoms with Crippen molar-refractivity contribution in [2.24, 2.45) is 5.73 Å². The van der Waals surface area contributed by atoms with Gasteiger partial charge in [-0.25, -0.2) is 0 Å². The maximum atomic E-state index is 11.2. The van der Waals surface area contributed by atoms with Crippen molar-refractivity contribution in [3.63, 3.8) is 0 Å². The summed E-state index contributed by atoms with van der Waals surface area (Å²) in [6, 6.07) is 2.86. The Morgan fingerprint density at radius 1 is 1.33 bits per heavy atom. The second-order valence-electron chi connectivity index (χ2n) is 5.42. The molecule has 0 amide bonds. The normalized spacial score (nSPS) is 15.1. The Labute approximate surface area is 143 Å². The zero-order valence-electron chi connectivity index (χ0n) is 13.1. The quantitative estimate of drug-likeness (QED) is 0.639. The lowest BCUT2D eigenvalue weighted by Gasteiger charge is -2.34. The maximum absolute atomic E-state index is 11.2. The molecule has 1 aromatic carbocycles. The van der Waals surface area contributed by atoms with E-state index in [0.717, 1.165) is 19.3 Å². The second kappa shape index (κ2) is 6.62. The van der Waals surface area contributed by atoms with Gasteiger partial charge < -0.3 is 19.7 Å². The number of hydrogen-bond donors (Lipinski definition) is 1. The third kappa shape index (κ3) is 2.87. The van der Waals surface area contributed by atoms with Crippen LogP contribution in [0.5, 0.6) is 11.5 Å². The summed E-state index contributed by atoms with van der Waals surface area (Å²) in [5.74, 6) is 0.815. The number of ether oxygens (including phenoxy) is 2. The van der Waals surface area contributed by atoms with Crippen LogP contribution in [-0.4, -0.2) is 29.3 Å². The van der Waals surface area contributed by atoms with E-state index in [0.29, 0.717) is 11.4 Å². The molecule has 0 aliphatic heterocycles. The van der Waals surface area contributed by atoms with Crippen LogP contribution in [0.25, 0.3) is 11.5 Å². The van der Waals surface area contributed by atoms with Crippen LogP contribution >= 0.6 is 12.4 Å². The summed E-state index contributed by atoms with van der Waals surface area (Å²) < 4.78 is 15.4. The van der Waals surface area contributed by atoms with E-state index in [4.69, 9.17) is 19.7 Å². The van der Waals surface area contributed by atoms with E-state index in [1.165, 1.54) is 20.3 Å². The van der Waals surface area contributed by atoms with Crippen LogP contribution in [-0.2, 0) is 5.54 Å². The number of nitrogens with zero attached hydrogens (tertiary/aromatic N) is 3. The molecule has 0 unspecified atom stereocenters. The van der Waals surface area contributed by atoms with E-state index in [1.54, 1.807) is 6.07 Å². The van der Waals surface area contributed by atoms with Gasteiger partial charge in [-0.05, 0) is 25.3 Å². The fraction of sp³-hybridized carbons (Fsp3) is 0.429. The molecule has 2 N–H and O–H groups in total. The Bertz CT molecular complexity index is 760. The molecule has 3 rings (SSSR count). The van der Waals surface area contributed by atoms with Gasteiger partial charge in [0, 0.05) is 6.07 Å². The van der Waals surface area contributed by atoms with Crippen molar-refractivity contribution in [1.82, 2.24) is 10.1 Å². The molecular formula is C14H17ClN4O5. The first-order chi connectivity index (χ1) is 11.0. The Morgan fingerprint density at radius 3 is 2.54 bits per heavy atom. The van der Waals surface area contributed by atoms with Crippen molar-refractivity contribution in [3.8, 4) is 23.0 Å². The molecule has 24 heavy (non-hydrogen) atoms. The van der Waals surface area contributed by atoms with Gasteiger partial charge >= 0.3 is 5.69 Å². The van der Waals surface area contributed by atoms with Crippen LogP contribution in [0.3, 0.4) is 0 Å². The summed E-state index contributed by atoms with van der Waals surface area (Å²) in [5, 5.41) is 15.1.